The minimum atomic E-state index is -0.944. The van der Waals surface area contributed by atoms with E-state index >= 15 is 0 Å². The van der Waals surface area contributed by atoms with Gasteiger partial charge >= 0.3 is 11.8 Å². The number of benzene rings is 1. The van der Waals surface area contributed by atoms with Crippen molar-refractivity contribution in [2.45, 2.75) is 19.4 Å². The zero-order chi connectivity index (χ0) is 24.0. The standard InChI is InChI=1S/C22H23N5O6/c1-22(2,12-24-19(28)14-5-4-8-27(31)11-14)26-21(30)20(29)25-15-6-7-16(17(9-15)32-3)18-10-23-13-33-18/h4-11,13H,12H2,1-3H3,(H,24,28)(H,25,29)(H,26,30). The summed E-state index contributed by atoms with van der Waals surface area (Å²) in [5, 5.41) is 19.0. The van der Waals surface area contributed by atoms with Crippen LogP contribution in [0.5, 0.6) is 5.75 Å². The molecule has 2 heterocycles. The summed E-state index contributed by atoms with van der Waals surface area (Å²) in [7, 11) is 1.47. The lowest BCUT2D eigenvalue weighted by Crippen LogP contribution is -2.54. The summed E-state index contributed by atoms with van der Waals surface area (Å²) in [6.07, 6.45) is 5.21. The van der Waals surface area contributed by atoms with Gasteiger partial charge in [-0.05, 0) is 32.0 Å². The van der Waals surface area contributed by atoms with Crippen LogP contribution in [0.25, 0.3) is 11.3 Å². The normalized spacial score (nSPS) is 10.9. The monoisotopic (exact) mass is 453 g/mol. The van der Waals surface area contributed by atoms with Gasteiger partial charge in [0.1, 0.15) is 11.3 Å². The summed E-state index contributed by atoms with van der Waals surface area (Å²) in [6.45, 7) is 3.32. The molecule has 0 aliphatic rings. The molecule has 0 bridgehead atoms. The first kappa shape index (κ1) is 23.3. The molecule has 3 amide bonds. The Morgan fingerprint density at radius 1 is 1.21 bits per heavy atom. The Morgan fingerprint density at radius 2 is 2.00 bits per heavy atom. The van der Waals surface area contributed by atoms with E-state index in [2.05, 4.69) is 20.9 Å². The van der Waals surface area contributed by atoms with Crippen LogP contribution in [0.15, 0.2) is 59.7 Å². The summed E-state index contributed by atoms with van der Waals surface area (Å²) in [6, 6.07) is 7.76. The van der Waals surface area contributed by atoms with Gasteiger partial charge in [-0.1, -0.05) is 0 Å². The quantitative estimate of drug-likeness (QED) is 0.277. The lowest BCUT2D eigenvalue weighted by molar-refractivity contribution is -0.605. The minimum absolute atomic E-state index is 0.0261. The largest absolute Gasteiger partial charge is 0.619 e. The van der Waals surface area contributed by atoms with Crippen LogP contribution < -0.4 is 25.4 Å². The van der Waals surface area contributed by atoms with Crippen LogP contribution in [0.2, 0.25) is 0 Å². The van der Waals surface area contributed by atoms with Gasteiger partial charge in [-0.2, -0.15) is 4.73 Å². The molecule has 3 rings (SSSR count). The van der Waals surface area contributed by atoms with Gasteiger partial charge in [0.15, 0.2) is 24.5 Å². The van der Waals surface area contributed by atoms with Gasteiger partial charge < -0.3 is 30.3 Å². The van der Waals surface area contributed by atoms with E-state index in [9.17, 15) is 19.6 Å². The van der Waals surface area contributed by atoms with Crippen LogP contribution in [-0.2, 0) is 9.59 Å². The van der Waals surface area contributed by atoms with Crippen molar-refractivity contribution in [1.82, 2.24) is 15.6 Å². The zero-order valence-corrected chi connectivity index (χ0v) is 18.2. The van der Waals surface area contributed by atoms with E-state index in [0.717, 1.165) is 6.20 Å². The molecule has 2 aromatic heterocycles. The Bertz CT molecular complexity index is 1160. The molecule has 1 aromatic carbocycles. The van der Waals surface area contributed by atoms with Crippen LogP contribution in [0.3, 0.4) is 0 Å². The van der Waals surface area contributed by atoms with E-state index in [1.165, 1.54) is 38.0 Å². The summed E-state index contributed by atoms with van der Waals surface area (Å²) >= 11 is 0. The third-order valence-electron chi connectivity index (χ3n) is 4.54. The first-order chi connectivity index (χ1) is 15.7. The number of nitrogens with zero attached hydrogens (tertiary/aromatic N) is 2. The number of anilines is 1. The van der Waals surface area contributed by atoms with Gasteiger partial charge in [-0.15, -0.1) is 0 Å². The van der Waals surface area contributed by atoms with Crippen LogP contribution in [0.1, 0.15) is 24.2 Å². The minimum Gasteiger partial charge on any atom is -0.619 e. The number of methoxy groups -OCH3 is 1. The van der Waals surface area contributed by atoms with Crippen molar-refractivity contribution in [2.75, 3.05) is 19.0 Å². The summed E-state index contributed by atoms with van der Waals surface area (Å²) in [4.78, 5) is 40.8. The van der Waals surface area contributed by atoms with Crippen molar-refractivity contribution in [3.63, 3.8) is 0 Å². The molecule has 3 N–H and O–H groups in total. The predicted octanol–water partition coefficient (Wildman–Crippen LogP) is 1.25. The van der Waals surface area contributed by atoms with Gasteiger partial charge in [-0.25, -0.2) is 4.98 Å². The Balaban J connectivity index is 1.58. The summed E-state index contributed by atoms with van der Waals surface area (Å²) in [5.41, 5.74) is 0.210. The SMILES string of the molecule is COc1cc(NC(=O)C(=O)NC(C)(C)CNC(=O)c2ccc[n+]([O-])c2)ccc1-c1cnco1. The van der Waals surface area contributed by atoms with E-state index in [-0.39, 0.29) is 12.1 Å². The molecule has 11 heteroatoms. The van der Waals surface area contributed by atoms with Crippen molar-refractivity contribution in [3.05, 3.63) is 66.1 Å². The molecule has 0 atom stereocenters. The number of pyridine rings is 1. The number of hydrogen-bond acceptors (Lipinski definition) is 7. The fraction of sp³-hybridized carbons (Fsp3) is 0.227. The lowest BCUT2D eigenvalue weighted by Gasteiger charge is -2.26. The molecule has 11 nitrogen and oxygen atoms in total. The van der Waals surface area contributed by atoms with Crippen LogP contribution in [0, 0.1) is 5.21 Å². The van der Waals surface area contributed by atoms with Crippen molar-refractivity contribution < 1.29 is 28.3 Å². The second kappa shape index (κ2) is 9.81. The van der Waals surface area contributed by atoms with Crippen molar-refractivity contribution in [1.29, 1.82) is 0 Å². The fourth-order valence-corrected chi connectivity index (χ4v) is 2.91. The molecular weight excluding hydrogens is 430 g/mol. The molecule has 0 saturated heterocycles. The first-order valence-corrected chi connectivity index (χ1v) is 9.86. The van der Waals surface area contributed by atoms with Gasteiger partial charge in [0.25, 0.3) is 5.91 Å². The second-order valence-electron chi connectivity index (χ2n) is 7.71. The van der Waals surface area contributed by atoms with E-state index in [1.54, 1.807) is 32.0 Å². The molecule has 0 aliphatic carbocycles. The number of oxazole rings is 1. The number of carbonyl (C=O) groups is 3. The molecule has 0 fully saturated rings. The maximum absolute atomic E-state index is 12.4. The van der Waals surface area contributed by atoms with Gasteiger partial charge in [-0.3, -0.25) is 14.4 Å². The molecule has 0 radical (unpaired) electrons. The third-order valence-corrected chi connectivity index (χ3v) is 4.54. The summed E-state index contributed by atoms with van der Waals surface area (Å²) in [5.74, 6) is -1.34. The first-order valence-electron chi connectivity index (χ1n) is 9.86. The highest BCUT2D eigenvalue weighted by atomic mass is 16.5. The Hall–Kier alpha value is -4.41. The maximum Gasteiger partial charge on any atom is 0.313 e. The van der Waals surface area contributed by atoms with Gasteiger partial charge in [0.05, 0.1) is 24.4 Å². The molecule has 0 aliphatic heterocycles. The van der Waals surface area contributed by atoms with Crippen molar-refractivity contribution >= 4 is 23.4 Å². The number of ether oxygens (including phenoxy) is 1. The highest BCUT2D eigenvalue weighted by Crippen LogP contribution is 2.32. The zero-order valence-electron chi connectivity index (χ0n) is 18.2. The fourth-order valence-electron chi connectivity index (χ4n) is 2.91. The number of hydrogen-bond donors (Lipinski definition) is 3. The second-order valence-corrected chi connectivity index (χ2v) is 7.71. The number of nitrogens with one attached hydrogen (secondary N) is 3. The van der Waals surface area contributed by atoms with Gasteiger partial charge in [0, 0.05) is 24.4 Å². The number of aromatic nitrogens is 2. The number of amides is 3. The van der Waals surface area contributed by atoms with E-state index in [0.29, 0.717) is 27.5 Å². The Kier molecular flexibility index (Phi) is 6.91. The van der Waals surface area contributed by atoms with Crippen molar-refractivity contribution in [3.8, 4) is 17.1 Å². The lowest BCUT2D eigenvalue weighted by atomic mass is 10.1. The molecule has 0 unspecified atom stereocenters. The topological polar surface area (TPSA) is 150 Å². The van der Waals surface area contributed by atoms with E-state index in [4.69, 9.17) is 9.15 Å². The summed E-state index contributed by atoms with van der Waals surface area (Å²) < 4.78 is 11.1. The highest BCUT2D eigenvalue weighted by molar-refractivity contribution is 6.39. The Labute approximate surface area is 189 Å². The molecular formula is C22H23N5O6. The molecule has 33 heavy (non-hydrogen) atoms. The van der Waals surface area contributed by atoms with E-state index < -0.39 is 23.3 Å². The molecule has 172 valence electrons. The number of carbonyl (C=O) groups excluding carboxylic acids is 3. The smallest absolute Gasteiger partial charge is 0.313 e. The molecule has 0 spiro atoms. The average Bonchev–Trinajstić information content (AvgIpc) is 3.31. The Morgan fingerprint density at radius 3 is 2.67 bits per heavy atom. The predicted molar refractivity (Wildman–Crippen MR) is 117 cm³/mol. The average molecular weight is 453 g/mol. The van der Waals surface area contributed by atoms with Crippen LogP contribution in [0.4, 0.5) is 5.69 Å². The molecule has 0 saturated carbocycles. The van der Waals surface area contributed by atoms with E-state index in [1.807, 2.05) is 0 Å². The van der Waals surface area contributed by atoms with Crippen LogP contribution in [-0.4, -0.2) is 41.9 Å². The van der Waals surface area contributed by atoms with Gasteiger partial charge in [0.2, 0.25) is 0 Å². The maximum atomic E-state index is 12.4. The number of rotatable bonds is 7. The highest BCUT2D eigenvalue weighted by Gasteiger charge is 2.26. The molecule has 3 aromatic rings. The van der Waals surface area contributed by atoms with Crippen molar-refractivity contribution in [2.24, 2.45) is 0 Å². The van der Waals surface area contributed by atoms with Crippen LogP contribution >= 0.6 is 0 Å². The third kappa shape index (κ3) is 6.06.